The molecule has 142 valence electrons. The van der Waals surface area contributed by atoms with E-state index in [4.69, 9.17) is 4.74 Å². The number of ether oxygens (including phenoxy) is 1. The van der Waals surface area contributed by atoms with Gasteiger partial charge in [0.15, 0.2) is 0 Å². The third-order valence-electron chi connectivity index (χ3n) is 4.42. The first-order valence-corrected chi connectivity index (χ1v) is 9.62. The number of nitrogens with zero attached hydrogens (tertiary/aromatic N) is 4. The molecule has 0 radical (unpaired) electrons. The van der Waals surface area contributed by atoms with Crippen molar-refractivity contribution in [3.8, 4) is 5.75 Å². The van der Waals surface area contributed by atoms with E-state index in [2.05, 4.69) is 39.5 Å². The summed E-state index contributed by atoms with van der Waals surface area (Å²) in [6.07, 6.45) is 9.08. The molecule has 5 nitrogen and oxygen atoms in total. The van der Waals surface area contributed by atoms with Crippen LogP contribution in [0.25, 0.3) is 0 Å². The van der Waals surface area contributed by atoms with Gasteiger partial charge in [0.05, 0.1) is 24.7 Å². The molecule has 0 spiro atoms. The van der Waals surface area contributed by atoms with E-state index in [1.807, 2.05) is 54.6 Å². The summed E-state index contributed by atoms with van der Waals surface area (Å²) in [4.78, 5) is 4.55. The van der Waals surface area contributed by atoms with Crippen LogP contribution in [0.3, 0.4) is 0 Å². The Morgan fingerprint density at radius 3 is 2.22 bits per heavy atom. The highest BCUT2D eigenvalue weighted by Crippen LogP contribution is 2.21. The van der Waals surface area contributed by atoms with Crippen LogP contribution in [0, 0.1) is 0 Å². The smallest absolute Gasteiger partial charge is 0.119 e. The first kappa shape index (κ1) is 19.0. The molecular formula is C22H28N4O. The van der Waals surface area contributed by atoms with Crippen LogP contribution in [0.15, 0.2) is 77.2 Å². The van der Waals surface area contributed by atoms with E-state index >= 15 is 0 Å². The molecule has 1 heterocycles. The number of hydrogen-bond acceptors (Lipinski definition) is 5. The third-order valence-corrected chi connectivity index (χ3v) is 4.42. The number of benzene rings is 2. The molecule has 1 aliphatic rings. The molecule has 0 atom stereocenters. The number of rotatable bonds is 10. The maximum absolute atomic E-state index is 5.82. The Labute approximate surface area is 162 Å². The van der Waals surface area contributed by atoms with Gasteiger partial charge in [-0.05, 0) is 49.2 Å². The lowest BCUT2D eigenvalue weighted by atomic mass is 10.2. The van der Waals surface area contributed by atoms with Crippen molar-refractivity contribution in [2.24, 2.45) is 10.2 Å². The quantitative estimate of drug-likeness (QED) is 0.400. The van der Waals surface area contributed by atoms with Crippen LogP contribution in [-0.4, -0.2) is 36.7 Å². The molecule has 3 rings (SSSR count). The van der Waals surface area contributed by atoms with Crippen LogP contribution in [-0.2, 0) is 0 Å². The third kappa shape index (κ3) is 6.77. The summed E-state index contributed by atoms with van der Waals surface area (Å²) >= 11 is 0. The second-order valence-corrected chi connectivity index (χ2v) is 6.80. The zero-order chi connectivity index (χ0) is 18.7. The zero-order valence-corrected chi connectivity index (χ0v) is 16.0. The molecule has 0 amide bonds. The molecule has 0 fully saturated rings. The van der Waals surface area contributed by atoms with Gasteiger partial charge in [-0.3, -0.25) is 0 Å². The summed E-state index contributed by atoms with van der Waals surface area (Å²) in [5.41, 5.74) is 1.68. The van der Waals surface area contributed by atoms with Gasteiger partial charge in [-0.2, -0.15) is 10.2 Å². The van der Waals surface area contributed by atoms with Crippen LogP contribution >= 0.6 is 0 Å². The first-order valence-electron chi connectivity index (χ1n) is 9.62. The van der Waals surface area contributed by atoms with Gasteiger partial charge in [0, 0.05) is 26.0 Å². The Morgan fingerprint density at radius 1 is 0.815 bits per heavy atom. The van der Waals surface area contributed by atoms with Gasteiger partial charge in [-0.1, -0.05) is 31.0 Å². The predicted octanol–water partition coefficient (Wildman–Crippen LogP) is 5.72. The largest absolute Gasteiger partial charge is 0.494 e. The summed E-state index contributed by atoms with van der Waals surface area (Å²) in [6.45, 7) is 2.92. The van der Waals surface area contributed by atoms with Crippen molar-refractivity contribution in [1.82, 2.24) is 9.80 Å². The lowest BCUT2D eigenvalue weighted by Crippen LogP contribution is -2.23. The van der Waals surface area contributed by atoms with Crippen molar-refractivity contribution in [2.75, 3.05) is 26.9 Å². The molecule has 0 bridgehead atoms. The predicted molar refractivity (Wildman–Crippen MR) is 109 cm³/mol. The maximum Gasteiger partial charge on any atom is 0.119 e. The number of azo groups is 1. The first-order chi connectivity index (χ1) is 13.3. The standard InChI is InChI=1S/C22H28N4O/c1-25-16-17-26(19-25)15-7-2-3-8-18-27-22-13-11-21(12-14-22)24-23-20-9-5-4-6-10-20/h4-6,9-14,16-17H,2-3,7-8,15,18-19H2,1H3. The molecular weight excluding hydrogens is 336 g/mol. The topological polar surface area (TPSA) is 40.4 Å². The minimum Gasteiger partial charge on any atom is -0.494 e. The van der Waals surface area contributed by atoms with E-state index in [1.54, 1.807) is 0 Å². The lowest BCUT2D eigenvalue weighted by Gasteiger charge is -2.17. The Balaban J connectivity index is 1.28. The Morgan fingerprint density at radius 2 is 1.52 bits per heavy atom. The van der Waals surface area contributed by atoms with Crippen molar-refractivity contribution in [3.05, 3.63) is 67.0 Å². The highest BCUT2D eigenvalue weighted by Gasteiger charge is 2.06. The van der Waals surface area contributed by atoms with E-state index in [1.165, 1.54) is 19.3 Å². The fourth-order valence-electron chi connectivity index (χ4n) is 2.91. The molecule has 0 saturated heterocycles. The van der Waals surface area contributed by atoms with Crippen LogP contribution < -0.4 is 4.74 Å². The zero-order valence-electron chi connectivity index (χ0n) is 16.0. The van der Waals surface area contributed by atoms with E-state index in [0.717, 1.165) is 43.4 Å². The highest BCUT2D eigenvalue weighted by atomic mass is 16.5. The minimum absolute atomic E-state index is 0.761. The molecule has 0 aromatic heterocycles. The molecule has 2 aromatic rings. The van der Waals surface area contributed by atoms with Crippen LogP contribution in [0.1, 0.15) is 25.7 Å². The number of unbranched alkanes of at least 4 members (excludes halogenated alkanes) is 3. The van der Waals surface area contributed by atoms with Gasteiger partial charge in [0.1, 0.15) is 5.75 Å². The summed E-state index contributed by atoms with van der Waals surface area (Å²) in [6, 6.07) is 17.5. The lowest BCUT2D eigenvalue weighted by molar-refractivity contribution is 0.283. The van der Waals surface area contributed by atoms with Gasteiger partial charge >= 0.3 is 0 Å². The fraction of sp³-hybridized carbons (Fsp3) is 0.364. The van der Waals surface area contributed by atoms with Crippen molar-refractivity contribution in [2.45, 2.75) is 25.7 Å². The SMILES string of the molecule is CN1C=CN(CCCCCCOc2ccc(N=Nc3ccccc3)cc2)C1. The normalized spacial score (nSPS) is 13.7. The molecule has 1 aliphatic heterocycles. The molecule has 2 aromatic carbocycles. The molecule has 0 aliphatic carbocycles. The van der Waals surface area contributed by atoms with Crippen molar-refractivity contribution < 1.29 is 4.74 Å². The summed E-state index contributed by atoms with van der Waals surface area (Å²) in [5.74, 6) is 0.888. The Kier molecular flexibility index (Phi) is 7.27. The second-order valence-electron chi connectivity index (χ2n) is 6.80. The van der Waals surface area contributed by atoms with Gasteiger partial charge in [0.25, 0.3) is 0 Å². The summed E-state index contributed by atoms with van der Waals surface area (Å²) in [5, 5.41) is 8.46. The summed E-state index contributed by atoms with van der Waals surface area (Å²) < 4.78 is 5.82. The summed E-state index contributed by atoms with van der Waals surface area (Å²) in [7, 11) is 2.10. The van der Waals surface area contributed by atoms with Crippen molar-refractivity contribution in [1.29, 1.82) is 0 Å². The second kappa shape index (κ2) is 10.4. The molecule has 5 heteroatoms. The molecule has 27 heavy (non-hydrogen) atoms. The van der Waals surface area contributed by atoms with Crippen molar-refractivity contribution >= 4 is 11.4 Å². The van der Waals surface area contributed by atoms with Gasteiger partial charge < -0.3 is 14.5 Å². The monoisotopic (exact) mass is 364 g/mol. The number of hydrogen-bond donors (Lipinski definition) is 0. The average Bonchev–Trinajstić information content (AvgIpc) is 3.12. The van der Waals surface area contributed by atoms with Crippen LogP contribution in [0.2, 0.25) is 0 Å². The Hall–Kier alpha value is -2.82. The van der Waals surface area contributed by atoms with Crippen LogP contribution in [0.5, 0.6) is 5.75 Å². The van der Waals surface area contributed by atoms with Gasteiger partial charge in [0.2, 0.25) is 0 Å². The fourth-order valence-corrected chi connectivity index (χ4v) is 2.91. The molecule has 0 N–H and O–H groups in total. The maximum atomic E-state index is 5.82. The van der Waals surface area contributed by atoms with E-state index in [-0.39, 0.29) is 0 Å². The van der Waals surface area contributed by atoms with Gasteiger partial charge in [-0.25, -0.2) is 0 Å². The van der Waals surface area contributed by atoms with E-state index in [9.17, 15) is 0 Å². The Bertz CT molecular complexity index is 728. The average molecular weight is 364 g/mol. The van der Waals surface area contributed by atoms with Crippen molar-refractivity contribution in [3.63, 3.8) is 0 Å². The minimum atomic E-state index is 0.761. The molecule has 0 unspecified atom stereocenters. The highest BCUT2D eigenvalue weighted by molar-refractivity contribution is 5.42. The molecule has 0 saturated carbocycles. The van der Waals surface area contributed by atoms with E-state index in [0.29, 0.717) is 0 Å². The van der Waals surface area contributed by atoms with E-state index < -0.39 is 0 Å². The van der Waals surface area contributed by atoms with Gasteiger partial charge in [-0.15, -0.1) is 0 Å². The van der Waals surface area contributed by atoms with Crippen LogP contribution in [0.4, 0.5) is 11.4 Å².